The first-order valence-electron chi connectivity index (χ1n) is 6.47. The second-order valence-electron chi connectivity index (χ2n) is 4.83. The van der Waals surface area contributed by atoms with Gasteiger partial charge in [0.05, 0.1) is 7.11 Å². The van der Waals surface area contributed by atoms with Crippen LogP contribution in [0.3, 0.4) is 0 Å². The highest BCUT2D eigenvalue weighted by Crippen LogP contribution is 2.34. The van der Waals surface area contributed by atoms with E-state index in [0.29, 0.717) is 18.0 Å². The zero-order chi connectivity index (χ0) is 14.5. The average molecular weight is 280 g/mol. The summed E-state index contributed by atoms with van der Waals surface area (Å²) in [6.45, 7) is 1.73. The molecule has 0 radical (unpaired) electrons. The summed E-state index contributed by atoms with van der Waals surface area (Å²) in [5.74, 6) is 1.04. The lowest BCUT2D eigenvalue weighted by Gasteiger charge is -2.18. The molecule has 1 aromatic carbocycles. The van der Waals surface area contributed by atoms with Crippen LogP contribution in [0.1, 0.15) is 11.6 Å². The number of rotatable bonds is 6. The molecule has 6 nitrogen and oxygen atoms in total. The summed E-state index contributed by atoms with van der Waals surface area (Å²) in [5.41, 5.74) is 0.805. The summed E-state index contributed by atoms with van der Waals surface area (Å²) < 4.78 is 15.5. The van der Waals surface area contributed by atoms with E-state index in [0.717, 1.165) is 12.1 Å². The van der Waals surface area contributed by atoms with E-state index >= 15 is 0 Å². The first-order chi connectivity index (χ1) is 9.61. The Morgan fingerprint density at radius 2 is 2.15 bits per heavy atom. The first-order valence-corrected chi connectivity index (χ1v) is 6.47. The number of carbonyl (C=O) groups is 1. The lowest BCUT2D eigenvalue weighted by atomic mass is 10.1. The molecule has 1 heterocycles. The largest absolute Gasteiger partial charge is 0.468 e. The molecule has 1 aliphatic rings. The van der Waals surface area contributed by atoms with Gasteiger partial charge in [-0.25, -0.2) is 4.79 Å². The number of fused-ring (bicyclic) bond motifs is 1. The molecule has 0 saturated carbocycles. The summed E-state index contributed by atoms with van der Waals surface area (Å²) in [7, 11) is 5.35. The SMILES string of the molecule is COC(=O)C(NCCN(C)C)c1ccc2c(c1)OCO2. The standard InChI is InChI=1S/C14H20N2O4/c1-16(2)7-6-15-13(14(17)18-3)10-4-5-11-12(8-10)20-9-19-11/h4-5,8,13,15H,6-7,9H2,1-3H3. The van der Waals surface area contributed by atoms with Gasteiger partial charge in [-0.15, -0.1) is 0 Å². The van der Waals surface area contributed by atoms with Crippen molar-refractivity contribution in [1.29, 1.82) is 0 Å². The smallest absolute Gasteiger partial charge is 0.327 e. The quantitative estimate of drug-likeness (QED) is 0.777. The molecule has 0 aliphatic carbocycles. The molecule has 1 N–H and O–H groups in total. The van der Waals surface area contributed by atoms with E-state index in [1.807, 2.05) is 31.1 Å². The fourth-order valence-electron chi connectivity index (χ4n) is 1.98. The predicted octanol–water partition coefficient (Wildman–Crippen LogP) is 0.781. The van der Waals surface area contributed by atoms with E-state index in [4.69, 9.17) is 14.2 Å². The summed E-state index contributed by atoms with van der Waals surface area (Å²) in [5, 5.41) is 3.20. The van der Waals surface area contributed by atoms with Crippen molar-refractivity contribution in [2.45, 2.75) is 6.04 Å². The second kappa shape index (κ2) is 6.58. The van der Waals surface area contributed by atoms with Crippen LogP contribution in [-0.4, -0.2) is 52.0 Å². The highest BCUT2D eigenvalue weighted by atomic mass is 16.7. The van der Waals surface area contributed by atoms with E-state index < -0.39 is 6.04 Å². The van der Waals surface area contributed by atoms with Gasteiger partial charge in [0, 0.05) is 13.1 Å². The van der Waals surface area contributed by atoms with Crippen molar-refractivity contribution in [3.63, 3.8) is 0 Å². The molecule has 1 aliphatic heterocycles. The Hall–Kier alpha value is -1.79. The Kier molecular flexibility index (Phi) is 4.81. The molecule has 0 saturated heterocycles. The van der Waals surface area contributed by atoms with Crippen molar-refractivity contribution in [2.24, 2.45) is 0 Å². The molecule has 0 bridgehead atoms. The van der Waals surface area contributed by atoms with Gasteiger partial charge >= 0.3 is 5.97 Å². The molecule has 0 fully saturated rings. The molecule has 0 aromatic heterocycles. The Balaban J connectivity index is 2.11. The minimum absolute atomic E-state index is 0.218. The Morgan fingerprint density at radius 1 is 1.40 bits per heavy atom. The molecule has 6 heteroatoms. The van der Waals surface area contributed by atoms with E-state index in [1.165, 1.54) is 7.11 Å². The van der Waals surface area contributed by atoms with Gasteiger partial charge in [-0.3, -0.25) is 5.32 Å². The maximum absolute atomic E-state index is 11.9. The number of likely N-dealkylation sites (N-methyl/N-ethyl adjacent to an activating group) is 1. The zero-order valence-electron chi connectivity index (χ0n) is 12.0. The first kappa shape index (κ1) is 14.6. The van der Waals surface area contributed by atoms with E-state index in [-0.39, 0.29) is 12.8 Å². The van der Waals surface area contributed by atoms with Crippen LogP contribution in [0, 0.1) is 0 Å². The Bertz CT molecular complexity index is 476. The van der Waals surface area contributed by atoms with Crippen LogP contribution < -0.4 is 14.8 Å². The van der Waals surface area contributed by atoms with E-state index in [9.17, 15) is 4.79 Å². The lowest BCUT2D eigenvalue weighted by molar-refractivity contribution is -0.143. The minimum atomic E-state index is -0.505. The number of benzene rings is 1. The maximum atomic E-state index is 11.9. The average Bonchev–Trinajstić information content (AvgIpc) is 2.89. The molecular weight excluding hydrogens is 260 g/mol. The van der Waals surface area contributed by atoms with Crippen molar-refractivity contribution in [3.8, 4) is 11.5 Å². The molecule has 1 unspecified atom stereocenters. The minimum Gasteiger partial charge on any atom is -0.468 e. The van der Waals surface area contributed by atoms with E-state index in [1.54, 1.807) is 6.07 Å². The fraction of sp³-hybridized carbons (Fsp3) is 0.500. The van der Waals surface area contributed by atoms with Gasteiger partial charge in [-0.1, -0.05) is 6.07 Å². The highest BCUT2D eigenvalue weighted by molar-refractivity contribution is 5.78. The topological polar surface area (TPSA) is 60.0 Å². The summed E-state index contributed by atoms with van der Waals surface area (Å²) in [6, 6.07) is 4.96. The Labute approximate surface area is 118 Å². The van der Waals surface area contributed by atoms with Crippen LogP contribution in [0.25, 0.3) is 0 Å². The molecule has 0 amide bonds. The third-order valence-electron chi connectivity index (χ3n) is 3.07. The van der Waals surface area contributed by atoms with Gasteiger partial charge < -0.3 is 19.1 Å². The molecule has 20 heavy (non-hydrogen) atoms. The van der Waals surface area contributed by atoms with Crippen LogP contribution in [0.2, 0.25) is 0 Å². The monoisotopic (exact) mass is 280 g/mol. The third-order valence-corrected chi connectivity index (χ3v) is 3.07. The van der Waals surface area contributed by atoms with Crippen molar-refractivity contribution in [2.75, 3.05) is 41.1 Å². The normalized spacial score (nSPS) is 14.4. The molecule has 0 spiro atoms. The second-order valence-corrected chi connectivity index (χ2v) is 4.83. The van der Waals surface area contributed by atoms with Crippen LogP contribution in [0.4, 0.5) is 0 Å². The molecule has 1 atom stereocenters. The van der Waals surface area contributed by atoms with Gasteiger partial charge in [0.15, 0.2) is 11.5 Å². The van der Waals surface area contributed by atoms with Crippen molar-refractivity contribution >= 4 is 5.97 Å². The third kappa shape index (κ3) is 3.40. The van der Waals surface area contributed by atoms with Crippen LogP contribution >= 0.6 is 0 Å². The van der Waals surface area contributed by atoms with Gasteiger partial charge in [-0.05, 0) is 31.8 Å². The van der Waals surface area contributed by atoms with Crippen LogP contribution in [0.5, 0.6) is 11.5 Å². The summed E-state index contributed by atoms with van der Waals surface area (Å²) in [4.78, 5) is 14.0. The molecular formula is C14H20N2O4. The molecule has 2 rings (SSSR count). The number of hydrogen-bond acceptors (Lipinski definition) is 6. The maximum Gasteiger partial charge on any atom is 0.327 e. The van der Waals surface area contributed by atoms with Gasteiger partial charge in [0.1, 0.15) is 6.04 Å². The van der Waals surface area contributed by atoms with E-state index in [2.05, 4.69) is 5.32 Å². The summed E-state index contributed by atoms with van der Waals surface area (Å²) in [6.07, 6.45) is 0. The number of carbonyl (C=O) groups excluding carboxylic acids is 1. The highest BCUT2D eigenvalue weighted by Gasteiger charge is 2.23. The van der Waals surface area contributed by atoms with Gasteiger partial charge in [-0.2, -0.15) is 0 Å². The summed E-state index contributed by atoms with van der Waals surface area (Å²) >= 11 is 0. The number of methoxy groups -OCH3 is 1. The number of hydrogen-bond donors (Lipinski definition) is 1. The fourth-order valence-corrected chi connectivity index (χ4v) is 1.98. The Morgan fingerprint density at radius 3 is 2.85 bits per heavy atom. The van der Waals surface area contributed by atoms with Gasteiger partial charge in [0.25, 0.3) is 0 Å². The predicted molar refractivity (Wildman–Crippen MR) is 73.9 cm³/mol. The van der Waals surface area contributed by atoms with Crippen LogP contribution in [-0.2, 0) is 9.53 Å². The van der Waals surface area contributed by atoms with Crippen molar-refractivity contribution < 1.29 is 19.0 Å². The van der Waals surface area contributed by atoms with Crippen molar-refractivity contribution in [1.82, 2.24) is 10.2 Å². The zero-order valence-corrected chi connectivity index (χ0v) is 12.0. The van der Waals surface area contributed by atoms with Gasteiger partial charge in [0.2, 0.25) is 6.79 Å². The number of ether oxygens (including phenoxy) is 3. The van der Waals surface area contributed by atoms with Crippen LogP contribution in [0.15, 0.2) is 18.2 Å². The number of nitrogens with one attached hydrogen (secondary N) is 1. The molecule has 110 valence electrons. The lowest BCUT2D eigenvalue weighted by Crippen LogP contribution is -2.34. The number of nitrogens with zero attached hydrogens (tertiary/aromatic N) is 1. The molecule has 1 aromatic rings. The van der Waals surface area contributed by atoms with Crippen molar-refractivity contribution in [3.05, 3.63) is 23.8 Å². The number of esters is 1.